The van der Waals surface area contributed by atoms with Crippen molar-refractivity contribution >= 4 is 28.5 Å². The van der Waals surface area contributed by atoms with Gasteiger partial charge in [-0.15, -0.1) is 0 Å². The lowest BCUT2D eigenvalue weighted by atomic mass is 10.1. The van der Waals surface area contributed by atoms with Crippen LogP contribution in [-0.4, -0.2) is 35.3 Å². The van der Waals surface area contributed by atoms with Gasteiger partial charge in [0.2, 0.25) is 0 Å². The molecule has 2 N–H and O–H groups in total. The third kappa shape index (κ3) is 3.92. The number of amides is 1. The van der Waals surface area contributed by atoms with Crippen LogP contribution in [-0.2, 0) is 22.5 Å². The molecular weight excluding hydrogens is 356 g/mol. The van der Waals surface area contributed by atoms with Gasteiger partial charge in [-0.2, -0.15) is 0 Å². The Bertz CT molecular complexity index is 1040. The topological polar surface area (TPSA) is 80.6 Å². The molecule has 6 heteroatoms. The van der Waals surface area contributed by atoms with Gasteiger partial charge in [-0.25, -0.2) is 0 Å². The number of benzene rings is 2. The molecule has 1 heterocycles. The maximum Gasteiger partial charge on any atom is 0.307 e. The Labute approximate surface area is 163 Å². The first kappa shape index (κ1) is 19.6. The van der Waals surface area contributed by atoms with E-state index in [2.05, 4.69) is 16.8 Å². The first-order valence-electron chi connectivity index (χ1n) is 9.11. The quantitative estimate of drug-likeness (QED) is 0.654. The summed E-state index contributed by atoms with van der Waals surface area (Å²) in [5.74, 6) is -1.20. The summed E-state index contributed by atoms with van der Waals surface area (Å²) < 4.78 is 7.39. The molecule has 3 rings (SSSR count). The second-order valence-electron chi connectivity index (χ2n) is 6.77. The number of aliphatic carboxylic acids is 1. The number of carboxylic acid groups (broad SMARTS) is 1. The summed E-state index contributed by atoms with van der Waals surface area (Å²) in [6, 6.07) is 12.6. The minimum Gasteiger partial charge on any atom is -0.481 e. The van der Waals surface area contributed by atoms with Crippen LogP contribution in [0.15, 0.2) is 42.5 Å². The highest BCUT2D eigenvalue weighted by Gasteiger charge is 2.15. The third-order valence-electron chi connectivity index (χ3n) is 5.03. The fourth-order valence-corrected chi connectivity index (χ4v) is 3.42. The number of nitrogens with one attached hydrogen (secondary N) is 1. The fraction of sp³-hybridized carbons (Fsp3) is 0.273. The first-order chi connectivity index (χ1) is 13.4. The van der Waals surface area contributed by atoms with E-state index in [1.165, 1.54) is 0 Å². The molecule has 0 unspecified atom stereocenters. The maximum atomic E-state index is 12.8. The number of para-hydroxylation sites is 1. The number of nitrogens with zero attached hydrogens (tertiary/aromatic N) is 1. The fourth-order valence-electron chi connectivity index (χ4n) is 3.42. The van der Waals surface area contributed by atoms with Gasteiger partial charge < -0.3 is 19.7 Å². The molecular formula is C22H24N2O4. The van der Waals surface area contributed by atoms with E-state index in [9.17, 15) is 9.59 Å². The summed E-state index contributed by atoms with van der Waals surface area (Å²) in [4.78, 5) is 23.8. The number of ether oxygens (including phenoxy) is 1. The lowest BCUT2D eigenvalue weighted by Gasteiger charge is -2.10. The van der Waals surface area contributed by atoms with Crippen molar-refractivity contribution in [2.45, 2.75) is 26.8 Å². The minimum absolute atomic E-state index is 0.143. The first-order valence-corrected chi connectivity index (χ1v) is 9.11. The van der Waals surface area contributed by atoms with Gasteiger partial charge in [0.1, 0.15) is 0 Å². The molecule has 0 atom stereocenters. The summed E-state index contributed by atoms with van der Waals surface area (Å²) in [6.07, 6.45) is -0.143. The van der Waals surface area contributed by atoms with Crippen LogP contribution in [0.5, 0.6) is 0 Å². The lowest BCUT2D eigenvalue weighted by molar-refractivity contribution is -0.136. The van der Waals surface area contributed by atoms with E-state index >= 15 is 0 Å². The SMILES string of the molecule is COCCn1c(C)c(C)c2cc(C(=O)Nc3ccccc3CC(=O)O)ccc21. The van der Waals surface area contributed by atoms with E-state index in [1.54, 1.807) is 37.4 Å². The van der Waals surface area contributed by atoms with Crippen LogP contribution in [0.25, 0.3) is 10.9 Å². The Morgan fingerprint density at radius 2 is 1.89 bits per heavy atom. The number of aryl methyl sites for hydroxylation is 1. The second-order valence-corrected chi connectivity index (χ2v) is 6.77. The van der Waals surface area contributed by atoms with Crippen LogP contribution < -0.4 is 5.32 Å². The minimum atomic E-state index is -0.938. The number of carbonyl (C=O) groups excluding carboxylic acids is 1. The van der Waals surface area contributed by atoms with E-state index in [-0.39, 0.29) is 12.3 Å². The van der Waals surface area contributed by atoms with Gasteiger partial charge in [0.15, 0.2) is 0 Å². The van der Waals surface area contributed by atoms with E-state index in [0.717, 1.165) is 28.7 Å². The van der Waals surface area contributed by atoms with Crippen LogP contribution >= 0.6 is 0 Å². The third-order valence-corrected chi connectivity index (χ3v) is 5.03. The molecule has 1 amide bonds. The number of rotatable bonds is 7. The van der Waals surface area contributed by atoms with E-state index in [1.807, 2.05) is 19.1 Å². The molecule has 2 aromatic carbocycles. The standard InChI is InChI=1S/C22H24N2O4/c1-14-15(2)24(10-11-28-3)20-9-8-17(12-18(14)20)22(27)23-19-7-5-4-6-16(19)13-21(25)26/h4-9,12H,10-11,13H2,1-3H3,(H,23,27)(H,25,26). The number of hydrogen-bond donors (Lipinski definition) is 2. The van der Waals surface area contributed by atoms with Crippen LogP contribution in [0.4, 0.5) is 5.69 Å². The van der Waals surface area contributed by atoms with Gasteiger partial charge >= 0.3 is 5.97 Å². The van der Waals surface area contributed by atoms with Crippen molar-refractivity contribution in [2.24, 2.45) is 0 Å². The van der Waals surface area contributed by atoms with Crippen LogP contribution in [0.1, 0.15) is 27.2 Å². The summed E-state index contributed by atoms with van der Waals surface area (Å²) in [7, 11) is 1.68. The molecule has 3 aromatic rings. The van der Waals surface area contributed by atoms with E-state index < -0.39 is 5.97 Å². The smallest absolute Gasteiger partial charge is 0.307 e. The van der Waals surface area contributed by atoms with Gasteiger partial charge in [0.25, 0.3) is 5.91 Å². The molecule has 1 aromatic heterocycles. The molecule has 0 radical (unpaired) electrons. The Hall–Kier alpha value is -3.12. The normalized spacial score (nSPS) is 11.0. The molecule has 0 spiro atoms. The summed E-state index contributed by atoms with van der Waals surface area (Å²) in [5, 5.41) is 12.9. The molecule has 0 saturated carbocycles. The molecule has 0 saturated heterocycles. The molecule has 0 aliphatic carbocycles. The average molecular weight is 380 g/mol. The van der Waals surface area contributed by atoms with Crippen molar-refractivity contribution in [3.63, 3.8) is 0 Å². The van der Waals surface area contributed by atoms with Gasteiger partial charge in [-0.1, -0.05) is 18.2 Å². The predicted molar refractivity (Wildman–Crippen MR) is 109 cm³/mol. The summed E-state index contributed by atoms with van der Waals surface area (Å²) >= 11 is 0. The number of methoxy groups -OCH3 is 1. The largest absolute Gasteiger partial charge is 0.481 e. The zero-order valence-corrected chi connectivity index (χ0v) is 16.3. The molecule has 0 aliphatic rings. The predicted octanol–water partition coefficient (Wildman–Crippen LogP) is 3.78. The van der Waals surface area contributed by atoms with Crippen molar-refractivity contribution < 1.29 is 19.4 Å². The number of carboxylic acids is 1. The number of hydrogen-bond acceptors (Lipinski definition) is 3. The Kier molecular flexibility index (Phi) is 5.80. The maximum absolute atomic E-state index is 12.8. The lowest BCUT2D eigenvalue weighted by Crippen LogP contribution is -2.14. The molecule has 0 aliphatic heterocycles. The van der Waals surface area contributed by atoms with E-state index in [4.69, 9.17) is 9.84 Å². The summed E-state index contributed by atoms with van der Waals surface area (Å²) in [5.41, 5.74) is 4.96. The van der Waals surface area contributed by atoms with Crippen LogP contribution in [0.3, 0.4) is 0 Å². The molecule has 6 nitrogen and oxygen atoms in total. The second kappa shape index (κ2) is 8.27. The van der Waals surface area contributed by atoms with Gasteiger partial charge in [-0.05, 0) is 49.2 Å². The molecule has 0 bridgehead atoms. The van der Waals surface area contributed by atoms with Crippen molar-refractivity contribution in [3.8, 4) is 0 Å². The monoisotopic (exact) mass is 380 g/mol. The zero-order valence-electron chi connectivity index (χ0n) is 16.3. The Morgan fingerprint density at radius 1 is 1.14 bits per heavy atom. The highest BCUT2D eigenvalue weighted by atomic mass is 16.5. The van der Waals surface area contributed by atoms with Crippen molar-refractivity contribution in [1.82, 2.24) is 4.57 Å². The van der Waals surface area contributed by atoms with Crippen LogP contribution in [0, 0.1) is 13.8 Å². The number of carbonyl (C=O) groups is 2. The molecule has 28 heavy (non-hydrogen) atoms. The Balaban J connectivity index is 1.91. The summed E-state index contributed by atoms with van der Waals surface area (Å²) in [6.45, 7) is 5.48. The highest BCUT2D eigenvalue weighted by molar-refractivity contribution is 6.07. The molecule has 0 fully saturated rings. The van der Waals surface area contributed by atoms with E-state index in [0.29, 0.717) is 23.4 Å². The van der Waals surface area contributed by atoms with Gasteiger partial charge in [0.05, 0.1) is 13.0 Å². The highest BCUT2D eigenvalue weighted by Crippen LogP contribution is 2.27. The van der Waals surface area contributed by atoms with Crippen LogP contribution in [0.2, 0.25) is 0 Å². The van der Waals surface area contributed by atoms with Crippen molar-refractivity contribution in [1.29, 1.82) is 0 Å². The average Bonchev–Trinajstić information content (AvgIpc) is 2.91. The Morgan fingerprint density at radius 3 is 2.61 bits per heavy atom. The number of fused-ring (bicyclic) bond motifs is 1. The zero-order chi connectivity index (χ0) is 20.3. The van der Waals surface area contributed by atoms with Gasteiger partial charge in [0, 0.05) is 41.5 Å². The van der Waals surface area contributed by atoms with Crippen molar-refractivity contribution in [2.75, 3.05) is 19.0 Å². The molecule has 146 valence electrons. The number of aromatic nitrogens is 1. The van der Waals surface area contributed by atoms with Crippen molar-refractivity contribution in [3.05, 3.63) is 64.8 Å². The number of anilines is 1. The van der Waals surface area contributed by atoms with Gasteiger partial charge in [-0.3, -0.25) is 9.59 Å².